The topological polar surface area (TPSA) is 74.6 Å². The summed E-state index contributed by atoms with van der Waals surface area (Å²) in [5.41, 5.74) is 4.65. The smallest absolute Gasteiger partial charge is 0.217 e. The zero-order chi connectivity index (χ0) is 4.28. The molecule has 7 heavy (non-hydrogen) atoms. The van der Waals surface area contributed by atoms with Crippen LogP contribution in [0.25, 0.3) is 0 Å². The monoisotopic (exact) mass is 127 g/mol. The molecular formula is C3H10ClNO2. The molecule has 0 bridgehead atoms. The third kappa shape index (κ3) is 26.8. The van der Waals surface area contributed by atoms with Crippen molar-refractivity contribution in [2.75, 3.05) is 0 Å². The fourth-order valence-corrected chi connectivity index (χ4v) is 0. The van der Waals surface area contributed by atoms with E-state index in [2.05, 4.69) is 5.73 Å². The predicted octanol–water partition coefficient (Wildman–Crippen LogP) is -0.521. The number of rotatable bonds is 1. The first-order valence-corrected chi connectivity index (χ1v) is 1.55. The van der Waals surface area contributed by atoms with Gasteiger partial charge in [-0.25, -0.2) is 0 Å². The lowest BCUT2D eigenvalue weighted by Gasteiger charge is -1.73. The molecule has 3 nitrogen and oxygen atoms in total. The van der Waals surface area contributed by atoms with Crippen LogP contribution in [0.2, 0.25) is 0 Å². The van der Waals surface area contributed by atoms with Crippen LogP contribution in [-0.4, -0.2) is 11.4 Å². The van der Waals surface area contributed by atoms with Gasteiger partial charge in [0, 0.05) is 6.42 Å². The molecule has 0 aliphatic rings. The Morgan fingerprint density at radius 3 is 1.86 bits per heavy atom. The van der Waals surface area contributed by atoms with Gasteiger partial charge < -0.3 is 11.2 Å². The third-order valence-electron chi connectivity index (χ3n) is 0.348. The third-order valence-corrected chi connectivity index (χ3v) is 0.348. The second-order valence-corrected chi connectivity index (χ2v) is 0.820. The van der Waals surface area contributed by atoms with E-state index in [0.717, 1.165) is 0 Å². The van der Waals surface area contributed by atoms with Gasteiger partial charge in [0.25, 0.3) is 0 Å². The minimum atomic E-state index is -0.245. The van der Waals surface area contributed by atoms with Gasteiger partial charge in [0.15, 0.2) is 0 Å². The van der Waals surface area contributed by atoms with Gasteiger partial charge in [-0.15, -0.1) is 12.4 Å². The molecule has 0 aromatic rings. The summed E-state index contributed by atoms with van der Waals surface area (Å²) >= 11 is 0. The van der Waals surface area contributed by atoms with E-state index < -0.39 is 0 Å². The number of hydrogen-bond acceptors (Lipinski definition) is 1. The molecule has 4 N–H and O–H groups in total. The van der Waals surface area contributed by atoms with E-state index >= 15 is 0 Å². The molecule has 1 amide bonds. The Morgan fingerprint density at radius 2 is 1.86 bits per heavy atom. The van der Waals surface area contributed by atoms with E-state index in [4.69, 9.17) is 0 Å². The van der Waals surface area contributed by atoms with Gasteiger partial charge in [-0.1, -0.05) is 6.92 Å². The van der Waals surface area contributed by atoms with Gasteiger partial charge in [-0.2, -0.15) is 0 Å². The Morgan fingerprint density at radius 1 is 1.71 bits per heavy atom. The maximum atomic E-state index is 9.59. The molecule has 0 spiro atoms. The molecule has 0 heterocycles. The molecular weight excluding hydrogens is 117 g/mol. The lowest BCUT2D eigenvalue weighted by molar-refractivity contribution is -0.117. The highest BCUT2D eigenvalue weighted by Crippen LogP contribution is 1.63. The molecule has 0 fully saturated rings. The summed E-state index contributed by atoms with van der Waals surface area (Å²) in [4.78, 5) is 9.59. The highest BCUT2D eigenvalue weighted by Gasteiger charge is 1.77. The largest absolute Gasteiger partial charge is 0.412 e. The highest BCUT2D eigenvalue weighted by molar-refractivity contribution is 5.85. The first-order valence-electron chi connectivity index (χ1n) is 1.55. The highest BCUT2D eigenvalue weighted by atomic mass is 35.5. The predicted molar refractivity (Wildman–Crippen MR) is 30.3 cm³/mol. The average Bonchev–Trinajstić information content (AvgIpc) is 1.38. The summed E-state index contributed by atoms with van der Waals surface area (Å²) < 4.78 is 0. The van der Waals surface area contributed by atoms with Crippen LogP contribution in [0.3, 0.4) is 0 Å². The number of carbonyl (C=O) groups is 1. The molecule has 0 aliphatic heterocycles. The number of nitrogens with two attached hydrogens (primary N) is 1. The lowest BCUT2D eigenvalue weighted by Crippen LogP contribution is -2.06. The van der Waals surface area contributed by atoms with E-state index in [1.165, 1.54) is 0 Å². The second-order valence-electron chi connectivity index (χ2n) is 0.820. The van der Waals surface area contributed by atoms with Crippen molar-refractivity contribution in [3.05, 3.63) is 0 Å². The Bertz CT molecular complexity index is 48.2. The summed E-state index contributed by atoms with van der Waals surface area (Å²) in [5, 5.41) is 0. The van der Waals surface area contributed by atoms with Gasteiger partial charge in [-0.3, -0.25) is 4.79 Å². The molecule has 0 unspecified atom stereocenters. The molecule has 0 rings (SSSR count). The summed E-state index contributed by atoms with van der Waals surface area (Å²) in [7, 11) is 0. The number of hydrogen-bond donors (Lipinski definition) is 1. The van der Waals surface area contributed by atoms with E-state index in [1.807, 2.05) is 0 Å². The minimum Gasteiger partial charge on any atom is -0.412 e. The molecule has 0 radical (unpaired) electrons. The van der Waals surface area contributed by atoms with Crippen molar-refractivity contribution in [3.63, 3.8) is 0 Å². The van der Waals surface area contributed by atoms with Crippen LogP contribution in [0.15, 0.2) is 0 Å². The van der Waals surface area contributed by atoms with Gasteiger partial charge in [0.1, 0.15) is 0 Å². The Balaban J connectivity index is -0.0000000800. The second kappa shape index (κ2) is 9.21. The minimum absolute atomic E-state index is 0. The maximum Gasteiger partial charge on any atom is 0.217 e. The van der Waals surface area contributed by atoms with Crippen molar-refractivity contribution >= 4 is 18.3 Å². The van der Waals surface area contributed by atoms with Crippen molar-refractivity contribution < 1.29 is 10.3 Å². The fraction of sp³-hybridized carbons (Fsp3) is 0.667. The van der Waals surface area contributed by atoms with Crippen LogP contribution in [0, 0.1) is 0 Å². The zero-order valence-corrected chi connectivity index (χ0v) is 4.92. The first-order chi connectivity index (χ1) is 2.27. The number of amides is 1. The molecule has 0 saturated heterocycles. The van der Waals surface area contributed by atoms with Crippen molar-refractivity contribution in [3.8, 4) is 0 Å². The standard InChI is InChI=1S/C3H7NO.ClH.H2O/c1-2-3(4)5;;/h2H2,1H3,(H2,4,5);1H;1H2. The number of halogens is 1. The van der Waals surface area contributed by atoms with Crippen LogP contribution in [-0.2, 0) is 4.79 Å². The van der Waals surface area contributed by atoms with E-state index in [1.54, 1.807) is 6.92 Å². The molecule has 0 atom stereocenters. The maximum absolute atomic E-state index is 9.59. The summed E-state index contributed by atoms with van der Waals surface area (Å²) in [6, 6.07) is 0. The summed E-state index contributed by atoms with van der Waals surface area (Å²) in [5.74, 6) is -0.245. The normalized spacial score (nSPS) is 5.29. The van der Waals surface area contributed by atoms with E-state index in [-0.39, 0.29) is 23.8 Å². The molecule has 0 aliphatic carbocycles. The number of primary amides is 1. The Kier molecular flexibility index (Phi) is 20.9. The van der Waals surface area contributed by atoms with Crippen molar-refractivity contribution in [1.82, 2.24) is 0 Å². The fourth-order valence-electron chi connectivity index (χ4n) is 0. The first kappa shape index (κ1) is 15.9. The molecule has 0 saturated carbocycles. The van der Waals surface area contributed by atoms with Gasteiger partial charge in [0.2, 0.25) is 5.91 Å². The van der Waals surface area contributed by atoms with E-state index in [0.29, 0.717) is 6.42 Å². The lowest BCUT2D eigenvalue weighted by atomic mass is 10.5. The summed E-state index contributed by atoms with van der Waals surface area (Å²) in [6.45, 7) is 1.72. The molecule has 0 aromatic heterocycles. The van der Waals surface area contributed by atoms with Crippen molar-refractivity contribution in [2.24, 2.45) is 5.73 Å². The van der Waals surface area contributed by atoms with Crippen LogP contribution >= 0.6 is 12.4 Å². The number of carbonyl (C=O) groups excluding carboxylic acids is 1. The van der Waals surface area contributed by atoms with Crippen molar-refractivity contribution in [2.45, 2.75) is 13.3 Å². The van der Waals surface area contributed by atoms with Crippen LogP contribution < -0.4 is 5.73 Å². The SMILES string of the molecule is CCC(N)=O.Cl.O. The molecule has 46 valence electrons. The quantitative estimate of drug-likeness (QED) is 0.506. The van der Waals surface area contributed by atoms with Gasteiger partial charge >= 0.3 is 0 Å². The average molecular weight is 128 g/mol. The molecule has 0 aromatic carbocycles. The van der Waals surface area contributed by atoms with Crippen molar-refractivity contribution in [1.29, 1.82) is 0 Å². The van der Waals surface area contributed by atoms with Gasteiger partial charge in [0.05, 0.1) is 0 Å². The van der Waals surface area contributed by atoms with Gasteiger partial charge in [-0.05, 0) is 0 Å². The molecule has 4 heteroatoms. The Hall–Kier alpha value is -0.280. The van der Waals surface area contributed by atoms with E-state index in [9.17, 15) is 4.79 Å². The van der Waals surface area contributed by atoms with Crippen LogP contribution in [0.1, 0.15) is 13.3 Å². The Labute approximate surface area is 48.6 Å². The van der Waals surface area contributed by atoms with Crippen LogP contribution in [0.5, 0.6) is 0 Å². The van der Waals surface area contributed by atoms with Crippen LogP contribution in [0.4, 0.5) is 0 Å². The zero-order valence-electron chi connectivity index (χ0n) is 4.10. The summed E-state index contributed by atoms with van der Waals surface area (Å²) in [6.07, 6.45) is 0.444.